The minimum absolute atomic E-state index is 0.243. The number of benzene rings is 3. The van der Waals surface area contributed by atoms with E-state index in [0.29, 0.717) is 6.61 Å². The van der Waals surface area contributed by atoms with Crippen molar-refractivity contribution in [3.63, 3.8) is 0 Å². The molecule has 25 heavy (non-hydrogen) atoms. The van der Waals surface area contributed by atoms with E-state index >= 15 is 0 Å². The number of ether oxygens (including phenoxy) is 1. The van der Waals surface area contributed by atoms with Gasteiger partial charge in [0.15, 0.2) is 0 Å². The van der Waals surface area contributed by atoms with Crippen molar-refractivity contribution >= 4 is 11.4 Å². The Labute approximate surface area is 149 Å². The van der Waals surface area contributed by atoms with Crippen molar-refractivity contribution in [3.8, 4) is 5.75 Å². The van der Waals surface area contributed by atoms with Gasteiger partial charge in [0.2, 0.25) is 0 Å². The normalized spacial score (nSPS) is 9.76. The standard InChI is InChI=1S/C20H18FNO.C2H6/c1-15-19(22-18-12-10-17(21)11-13-18)8-5-9-20(15)23-14-16-6-3-2-4-7-16;1-2/h2-13,22H,14H2,1H3;1-2H3. The van der Waals surface area contributed by atoms with Gasteiger partial charge >= 0.3 is 0 Å². The third-order valence-corrected chi connectivity index (χ3v) is 3.64. The van der Waals surface area contributed by atoms with Gasteiger partial charge in [0.05, 0.1) is 0 Å². The molecular formula is C22H24FNO. The predicted molar refractivity (Wildman–Crippen MR) is 103 cm³/mol. The van der Waals surface area contributed by atoms with Gasteiger partial charge in [-0.15, -0.1) is 0 Å². The minimum Gasteiger partial charge on any atom is -0.489 e. The summed E-state index contributed by atoms with van der Waals surface area (Å²) in [5, 5.41) is 3.29. The van der Waals surface area contributed by atoms with E-state index in [0.717, 1.165) is 28.3 Å². The molecule has 0 amide bonds. The van der Waals surface area contributed by atoms with Crippen LogP contribution in [0.25, 0.3) is 0 Å². The first-order chi connectivity index (χ1) is 12.2. The Kier molecular flexibility index (Phi) is 7.02. The Morgan fingerprint density at radius 1 is 0.840 bits per heavy atom. The lowest BCUT2D eigenvalue weighted by atomic mass is 10.1. The molecule has 3 aromatic rings. The average Bonchev–Trinajstić information content (AvgIpc) is 2.67. The van der Waals surface area contributed by atoms with Crippen LogP contribution >= 0.6 is 0 Å². The molecular weight excluding hydrogens is 313 g/mol. The summed E-state index contributed by atoms with van der Waals surface area (Å²) in [6.45, 7) is 6.54. The Morgan fingerprint density at radius 3 is 2.20 bits per heavy atom. The molecule has 0 bridgehead atoms. The fourth-order valence-corrected chi connectivity index (χ4v) is 2.33. The van der Waals surface area contributed by atoms with Crippen molar-refractivity contribution in [2.75, 3.05) is 5.32 Å². The number of hydrogen-bond acceptors (Lipinski definition) is 2. The van der Waals surface area contributed by atoms with Crippen LogP contribution in [0.4, 0.5) is 15.8 Å². The smallest absolute Gasteiger partial charge is 0.124 e. The number of rotatable bonds is 5. The maximum Gasteiger partial charge on any atom is 0.124 e. The van der Waals surface area contributed by atoms with Gasteiger partial charge in [-0.25, -0.2) is 4.39 Å². The molecule has 0 saturated heterocycles. The lowest BCUT2D eigenvalue weighted by Gasteiger charge is -2.14. The molecule has 0 fully saturated rings. The molecule has 130 valence electrons. The second-order valence-electron chi connectivity index (χ2n) is 5.33. The number of hydrogen-bond donors (Lipinski definition) is 1. The van der Waals surface area contributed by atoms with Crippen molar-refractivity contribution in [3.05, 3.63) is 89.7 Å². The SMILES string of the molecule is CC.Cc1c(Nc2ccc(F)cc2)cccc1OCc1ccccc1. The summed E-state index contributed by atoms with van der Waals surface area (Å²) in [5.41, 5.74) is 3.94. The van der Waals surface area contributed by atoms with E-state index in [1.807, 2.05) is 69.3 Å². The van der Waals surface area contributed by atoms with Crippen LogP contribution in [0.2, 0.25) is 0 Å². The number of halogens is 1. The molecule has 0 atom stereocenters. The summed E-state index contributed by atoms with van der Waals surface area (Å²) >= 11 is 0. The van der Waals surface area contributed by atoms with Crippen LogP contribution in [0.5, 0.6) is 5.75 Å². The topological polar surface area (TPSA) is 21.3 Å². The fourth-order valence-electron chi connectivity index (χ4n) is 2.33. The van der Waals surface area contributed by atoms with E-state index in [-0.39, 0.29) is 5.82 Å². The molecule has 0 radical (unpaired) electrons. The van der Waals surface area contributed by atoms with Crippen molar-refractivity contribution in [1.29, 1.82) is 0 Å². The summed E-state index contributed by atoms with van der Waals surface area (Å²) in [5.74, 6) is 0.591. The Hall–Kier alpha value is -2.81. The Morgan fingerprint density at radius 2 is 1.52 bits per heavy atom. The van der Waals surface area contributed by atoms with Crippen LogP contribution in [0.15, 0.2) is 72.8 Å². The van der Waals surface area contributed by atoms with Crippen molar-refractivity contribution in [1.82, 2.24) is 0 Å². The highest BCUT2D eigenvalue weighted by Gasteiger charge is 2.06. The molecule has 0 heterocycles. The summed E-state index contributed by atoms with van der Waals surface area (Å²) in [6, 6.07) is 22.2. The fraction of sp³-hybridized carbons (Fsp3) is 0.182. The minimum atomic E-state index is -0.243. The number of anilines is 2. The third kappa shape index (κ3) is 5.35. The van der Waals surface area contributed by atoms with Gasteiger partial charge in [-0.1, -0.05) is 50.2 Å². The van der Waals surface area contributed by atoms with Gasteiger partial charge in [0, 0.05) is 16.9 Å². The van der Waals surface area contributed by atoms with Crippen molar-refractivity contribution in [2.24, 2.45) is 0 Å². The maximum absolute atomic E-state index is 13.0. The summed E-state index contributed by atoms with van der Waals surface area (Å²) < 4.78 is 18.9. The Balaban J connectivity index is 0.00000109. The lowest BCUT2D eigenvalue weighted by molar-refractivity contribution is 0.304. The highest BCUT2D eigenvalue weighted by atomic mass is 19.1. The van der Waals surface area contributed by atoms with Gasteiger partial charge in [-0.2, -0.15) is 0 Å². The predicted octanol–water partition coefficient (Wildman–Crippen LogP) is 6.48. The molecule has 0 unspecified atom stereocenters. The van der Waals surface area contributed by atoms with Crippen LogP contribution < -0.4 is 10.1 Å². The molecule has 0 aliphatic rings. The molecule has 0 aromatic heterocycles. The molecule has 0 aliphatic heterocycles. The molecule has 3 heteroatoms. The van der Waals surface area contributed by atoms with E-state index in [1.54, 1.807) is 12.1 Å². The maximum atomic E-state index is 13.0. The number of nitrogens with one attached hydrogen (secondary N) is 1. The largest absolute Gasteiger partial charge is 0.489 e. The zero-order valence-corrected chi connectivity index (χ0v) is 14.9. The first kappa shape index (κ1) is 18.5. The molecule has 0 aliphatic carbocycles. The van der Waals surface area contributed by atoms with Gasteiger partial charge in [0.25, 0.3) is 0 Å². The zero-order valence-electron chi connectivity index (χ0n) is 14.9. The molecule has 2 nitrogen and oxygen atoms in total. The monoisotopic (exact) mass is 337 g/mol. The van der Waals surface area contributed by atoms with Crippen LogP contribution in [0.3, 0.4) is 0 Å². The average molecular weight is 337 g/mol. The molecule has 0 spiro atoms. The molecule has 0 saturated carbocycles. The Bertz CT molecular complexity index is 770. The van der Waals surface area contributed by atoms with Crippen LogP contribution in [0.1, 0.15) is 25.0 Å². The first-order valence-corrected chi connectivity index (χ1v) is 8.51. The van der Waals surface area contributed by atoms with Gasteiger partial charge < -0.3 is 10.1 Å². The van der Waals surface area contributed by atoms with Crippen molar-refractivity contribution in [2.45, 2.75) is 27.4 Å². The van der Waals surface area contributed by atoms with E-state index in [9.17, 15) is 4.39 Å². The summed E-state index contributed by atoms with van der Waals surface area (Å²) in [4.78, 5) is 0. The van der Waals surface area contributed by atoms with Crippen LogP contribution in [-0.2, 0) is 6.61 Å². The quantitative estimate of drug-likeness (QED) is 0.575. The van der Waals surface area contributed by atoms with Crippen LogP contribution in [-0.4, -0.2) is 0 Å². The molecule has 1 N–H and O–H groups in total. The van der Waals surface area contributed by atoms with E-state index in [2.05, 4.69) is 5.32 Å². The van der Waals surface area contributed by atoms with Gasteiger partial charge in [-0.3, -0.25) is 0 Å². The summed E-state index contributed by atoms with van der Waals surface area (Å²) in [6.07, 6.45) is 0. The highest BCUT2D eigenvalue weighted by molar-refractivity contribution is 5.65. The van der Waals surface area contributed by atoms with E-state index in [1.165, 1.54) is 12.1 Å². The molecule has 3 rings (SSSR count). The van der Waals surface area contributed by atoms with E-state index < -0.39 is 0 Å². The summed E-state index contributed by atoms with van der Waals surface area (Å²) in [7, 11) is 0. The van der Waals surface area contributed by atoms with Crippen LogP contribution in [0, 0.1) is 12.7 Å². The van der Waals surface area contributed by atoms with Crippen molar-refractivity contribution < 1.29 is 9.13 Å². The lowest BCUT2D eigenvalue weighted by Crippen LogP contribution is -1.99. The second-order valence-corrected chi connectivity index (χ2v) is 5.33. The highest BCUT2D eigenvalue weighted by Crippen LogP contribution is 2.28. The molecule has 3 aromatic carbocycles. The van der Waals surface area contributed by atoms with Gasteiger partial charge in [-0.05, 0) is 48.9 Å². The van der Waals surface area contributed by atoms with Gasteiger partial charge in [0.1, 0.15) is 18.2 Å². The van der Waals surface area contributed by atoms with E-state index in [4.69, 9.17) is 4.74 Å². The zero-order chi connectivity index (χ0) is 18.1. The first-order valence-electron chi connectivity index (χ1n) is 8.51. The second kappa shape index (κ2) is 9.48. The third-order valence-electron chi connectivity index (χ3n) is 3.64.